The van der Waals surface area contributed by atoms with Crippen LogP contribution in [0.2, 0.25) is 0 Å². The maximum absolute atomic E-state index is 12.0. The van der Waals surface area contributed by atoms with Crippen molar-refractivity contribution in [1.29, 1.82) is 0 Å². The molecule has 0 saturated heterocycles. The molecule has 1 saturated carbocycles. The Morgan fingerprint density at radius 1 is 1.21 bits per heavy atom. The third-order valence-electron chi connectivity index (χ3n) is 4.19. The van der Waals surface area contributed by atoms with E-state index in [9.17, 15) is 4.79 Å². The Bertz CT molecular complexity index is 339. The Balaban J connectivity index is 2.77. The lowest BCUT2D eigenvalue weighted by Crippen LogP contribution is -2.57. The van der Waals surface area contributed by atoms with Crippen LogP contribution in [0.5, 0.6) is 0 Å². The lowest BCUT2D eigenvalue weighted by molar-refractivity contribution is 0.0392. The van der Waals surface area contributed by atoms with Gasteiger partial charge in [0.15, 0.2) is 0 Å². The first-order valence-electron chi connectivity index (χ1n) is 7.17. The highest BCUT2D eigenvalue weighted by Gasteiger charge is 2.55. The Kier molecular flexibility index (Phi) is 4.26. The molecule has 3 N–H and O–H groups in total. The van der Waals surface area contributed by atoms with Crippen molar-refractivity contribution in [2.45, 2.75) is 78.5 Å². The van der Waals surface area contributed by atoms with Gasteiger partial charge in [-0.3, -0.25) is 0 Å². The second-order valence-electron chi connectivity index (χ2n) is 7.75. The molecule has 0 heterocycles. The smallest absolute Gasteiger partial charge is 0.407 e. The fraction of sp³-hybridized carbons (Fsp3) is 0.933. The SMILES string of the molecule is CC(C)C(NC(=O)OC(C)(C)C)C(C)(C)C1(N)CC1. The number of alkyl carbamates (subject to hydrolysis) is 1. The molecule has 112 valence electrons. The van der Waals surface area contributed by atoms with Gasteiger partial charge in [0.05, 0.1) is 0 Å². The van der Waals surface area contributed by atoms with E-state index >= 15 is 0 Å². The molecule has 0 aliphatic heterocycles. The fourth-order valence-electron chi connectivity index (χ4n) is 2.70. The van der Waals surface area contributed by atoms with Crippen molar-refractivity contribution in [3.63, 3.8) is 0 Å². The van der Waals surface area contributed by atoms with E-state index in [1.165, 1.54) is 0 Å². The Labute approximate surface area is 117 Å². The van der Waals surface area contributed by atoms with Gasteiger partial charge in [0.2, 0.25) is 0 Å². The van der Waals surface area contributed by atoms with Gasteiger partial charge in [-0.25, -0.2) is 4.79 Å². The molecule has 1 unspecified atom stereocenters. The second-order valence-corrected chi connectivity index (χ2v) is 7.75. The topological polar surface area (TPSA) is 64.3 Å². The molecule has 1 atom stereocenters. The second kappa shape index (κ2) is 4.97. The average molecular weight is 270 g/mol. The van der Waals surface area contributed by atoms with E-state index in [1.54, 1.807) is 0 Å². The van der Waals surface area contributed by atoms with Crippen molar-refractivity contribution in [3.05, 3.63) is 0 Å². The summed E-state index contributed by atoms with van der Waals surface area (Å²) in [6, 6.07) is 0.00912. The third-order valence-corrected chi connectivity index (χ3v) is 4.19. The van der Waals surface area contributed by atoms with Crippen molar-refractivity contribution in [2.75, 3.05) is 0 Å². The summed E-state index contributed by atoms with van der Waals surface area (Å²) in [5.74, 6) is 0.309. The van der Waals surface area contributed by atoms with E-state index in [0.29, 0.717) is 5.92 Å². The molecule has 0 radical (unpaired) electrons. The van der Waals surface area contributed by atoms with Gasteiger partial charge in [-0.05, 0) is 39.5 Å². The van der Waals surface area contributed by atoms with E-state index in [1.807, 2.05) is 20.8 Å². The molecule has 0 spiro atoms. The van der Waals surface area contributed by atoms with Gasteiger partial charge in [0.25, 0.3) is 0 Å². The molecular weight excluding hydrogens is 240 g/mol. The van der Waals surface area contributed by atoms with Crippen molar-refractivity contribution in [3.8, 4) is 0 Å². The highest BCUT2D eigenvalue weighted by atomic mass is 16.6. The maximum Gasteiger partial charge on any atom is 0.407 e. The number of hydrogen-bond acceptors (Lipinski definition) is 3. The molecule has 4 heteroatoms. The minimum Gasteiger partial charge on any atom is -0.444 e. The molecule has 1 rings (SSSR count). The number of carbonyl (C=O) groups is 1. The number of rotatable bonds is 4. The van der Waals surface area contributed by atoms with E-state index in [0.717, 1.165) is 12.8 Å². The number of amides is 1. The van der Waals surface area contributed by atoms with Gasteiger partial charge in [-0.1, -0.05) is 27.7 Å². The first kappa shape index (κ1) is 16.3. The lowest BCUT2D eigenvalue weighted by Gasteiger charge is -2.42. The highest BCUT2D eigenvalue weighted by molar-refractivity contribution is 5.68. The fourth-order valence-corrected chi connectivity index (χ4v) is 2.70. The number of ether oxygens (including phenoxy) is 1. The minimum absolute atomic E-state index is 0.00912. The highest BCUT2D eigenvalue weighted by Crippen LogP contribution is 2.50. The standard InChI is InChI=1S/C15H30N2O2/c1-10(2)11(14(6,7)15(16)8-9-15)17-12(18)19-13(3,4)5/h10-11H,8-9,16H2,1-7H3,(H,17,18). The van der Waals surface area contributed by atoms with E-state index in [4.69, 9.17) is 10.5 Å². The Morgan fingerprint density at radius 3 is 2.00 bits per heavy atom. The van der Waals surface area contributed by atoms with Crippen LogP contribution < -0.4 is 11.1 Å². The van der Waals surface area contributed by atoms with Gasteiger partial charge in [0, 0.05) is 17.0 Å². The summed E-state index contributed by atoms with van der Waals surface area (Å²) in [5, 5.41) is 3.02. The zero-order valence-corrected chi connectivity index (χ0v) is 13.5. The summed E-state index contributed by atoms with van der Waals surface area (Å²) in [7, 11) is 0. The van der Waals surface area contributed by atoms with Gasteiger partial charge in [-0.15, -0.1) is 0 Å². The van der Waals surface area contributed by atoms with E-state index in [-0.39, 0.29) is 23.1 Å². The number of hydrogen-bond donors (Lipinski definition) is 2. The molecule has 0 bridgehead atoms. The Hall–Kier alpha value is -0.770. The summed E-state index contributed by atoms with van der Waals surface area (Å²) >= 11 is 0. The quantitative estimate of drug-likeness (QED) is 0.825. The average Bonchev–Trinajstić information content (AvgIpc) is 2.91. The molecule has 0 aromatic carbocycles. The van der Waals surface area contributed by atoms with E-state index in [2.05, 4.69) is 33.0 Å². The molecular formula is C15H30N2O2. The number of carbonyl (C=O) groups excluding carboxylic acids is 1. The van der Waals surface area contributed by atoms with Crippen molar-refractivity contribution in [1.82, 2.24) is 5.32 Å². The molecule has 1 aliphatic rings. The van der Waals surface area contributed by atoms with Crippen LogP contribution >= 0.6 is 0 Å². The minimum atomic E-state index is -0.476. The molecule has 0 aromatic heterocycles. The summed E-state index contributed by atoms with van der Waals surface area (Å²) in [4.78, 5) is 12.0. The predicted octanol–water partition coefficient (Wildman–Crippen LogP) is 3.05. The van der Waals surface area contributed by atoms with Crippen LogP contribution in [-0.4, -0.2) is 23.3 Å². The van der Waals surface area contributed by atoms with Crippen LogP contribution in [0.15, 0.2) is 0 Å². The van der Waals surface area contributed by atoms with Crippen molar-refractivity contribution < 1.29 is 9.53 Å². The summed E-state index contributed by atoms with van der Waals surface area (Å²) in [6.45, 7) is 14.1. The largest absolute Gasteiger partial charge is 0.444 e. The zero-order chi connectivity index (χ0) is 15.1. The van der Waals surface area contributed by atoms with Crippen LogP contribution in [0, 0.1) is 11.3 Å². The van der Waals surface area contributed by atoms with Crippen LogP contribution in [-0.2, 0) is 4.74 Å². The van der Waals surface area contributed by atoms with Crippen LogP contribution in [0.3, 0.4) is 0 Å². The van der Waals surface area contributed by atoms with Crippen molar-refractivity contribution >= 4 is 6.09 Å². The normalized spacial score (nSPS) is 20.1. The molecule has 4 nitrogen and oxygen atoms in total. The van der Waals surface area contributed by atoms with Crippen molar-refractivity contribution in [2.24, 2.45) is 17.1 Å². The van der Waals surface area contributed by atoms with Crippen LogP contribution in [0.1, 0.15) is 61.3 Å². The van der Waals surface area contributed by atoms with E-state index < -0.39 is 5.60 Å². The number of nitrogens with two attached hydrogens (primary N) is 1. The third kappa shape index (κ3) is 3.85. The van der Waals surface area contributed by atoms with Gasteiger partial charge < -0.3 is 15.8 Å². The monoisotopic (exact) mass is 270 g/mol. The predicted molar refractivity (Wildman–Crippen MR) is 77.9 cm³/mol. The lowest BCUT2D eigenvalue weighted by atomic mass is 9.71. The molecule has 1 fully saturated rings. The first-order chi connectivity index (χ1) is 8.39. The molecule has 1 aliphatic carbocycles. The van der Waals surface area contributed by atoms with Gasteiger partial charge >= 0.3 is 6.09 Å². The number of nitrogens with one attached hydrogen (secondary N) is 1. The maximum atomic E-state index is 12.0. The van der Waals surface area contributed by atoms with Gasteiger partial charge in [-0.2, -0.15) is 0 Å². The van der Waals surface area contributed by atoms with Gasteiger partial charge in [0.1, 0.15) is 5.60 Å². The summed E-state index contributed by atoms with van der Waals surface area (Å²) in [5.41, 5.74) is 5.60. The van der Waals surface area contributed by atoms with Crippen LogP contribution in [0.4, 0.5) is 4.79 Å². The summed E-state index contributed by atoms with van der Waals surface area (Å²) in [6.07, 6.45) is 1.70. The molecule has 1 amide bonds. The molecule has 19 heavy (non-hydrogen) atoms. The molecule has 0 aromatic rings. The Morgan fingerprint density at radius 2 is 1.68 bits per heavy atom. The zero-order valence-electron chi connectivity index (χ0n) is 13.5. The first-order valence-corrected chi connectivity index (χ1v) is 7.17. The van der Waals surface area contributed by atoms with Crippen LogP contribution in [0.25, 0.3) is 0 Å². The summed E-state index contributed by atoms with van der Waals surface area (Å²) < 4.78 is 5.36.